The number of aryl methyl sites for hydroxylation is 1. The number of hydrogen-bond donors (Lipinski definition) is 0. The van der Waals surface area contributed by atoms with Gasteiger partial charge in [0.2, 0.25) is 0 Å². The summed E-state index contributed by atoms with van der Waals surface area (Å²) in [5.41, 5.74) is 5.19. The lowest BCUT2D eigenvalue weighted by atomic mass is 10.0. The van der Waals surface area contributed by atoms with E-state index in [9.17, 15) is 4.79 Å². The minimum atomic E-state index is -0.125. The Morgan fingerprint density at radius 3 is 2.45 bits per heavy atom. The number of benzene rings is 2. The van der Waals surface area contributed by atoms with Crippen molar-refractivity contribution in [2.75, 3.05) is 0 Å². The number of aromatic nitrogens is 2. The highest BCUT2D eigenvalue weighted by molar-refractivity contribution is 5.94. The SMILES string of the molecule is Cc1nocc1C(=O)N(Cc1cccc(-c2ccccc2)c1)Cc1ccccn1. The number of nitrogens with zero attached hydrogens (tertiary/aromatic N) is 3. The van der Waals surface area contributed by atoms with E-state index >= 15 is 0 Å². The average Bonchev–Trinajstić information content (AvgIpc) is 3.20. The predicted molar refractivity (Wildman–Crippen MR) is 111 cm³/mol. The topological polar surface area (TPSA) is 59.2 Å². The zero-order valence-corrected chi connectivity index (χ0v) is 16.2. The second-order valence-corrected chi connectivity index (χ2v) is 6.86. The first-order valence-electron chi connectivity index (χ1n) is 9.45. The molecule has 0 bridgehead atoms. The van der Waals surface area contributed by atoms with Gasteiger partial charge in [-0.1, -0.05) is 59.8 Å². The highest BCUT2D eigenvalue weighted by Crippen LogP contribution is 2.22. The van der Waals surface area contributed by atoms with Gasteiger partial charge in [0.25, 0.3) is 5.91 Å². The largest absolute Gasteiger partial charge is 0.364 e. The highest BCUT2D eigenvalue weighted by atomic mass is 16.5. The van der Waals surface area contributed by atoms with Gasteiger partial charge in [-0.05, 0) is 41.8 Å². The van der Waals surface area contributed by atoms with Crippen molar-refractivity contribution in [1.29, 1.82) is 0 Å². The van der Waals surface area contributed by atoms with E-state index in [1.54, 1.807) is 18.0 Å². The molecule has 0 aliphatic carbocycles. The lowest BCUT2D eigenvalue weighted by molar-refractivity contribution is 0.0726. The molecule has 0 fully saturated rings. The van der Waals surface area contributed by atoms with Crippen molar-refractivity contribution < 1.29 is 9.32 Å². The summed E-state index contributed by atoms with van der Waals surface area (Å²) in [6, 6.07) is 24.2. The molecule has 1 amide bonds. The van der Waals surface area contributed by atoms with Gasteiger partial charge in [0.1, 0.15) is 11.8 Å². The van der Waals surface area contributed by atoms with E-state index in [1.165, 1.54) is 6.26 Å². The molecule has 0 unspecified atom stereocenters. The van der Waals surface area contributed by atoms with Crippen LogP contribution in [-0.4, -0.2) is 20.9 Å². The van der Waals surface area contributed by atoms with Gasteiger partial charge in [0.05, 0.1) is 17.9 Å². The van der Waals surface area contributed by atoms with Gasteiger partial charge in [0, 0.05) is 12.7 Å². The van der Waals surface area contributed by atoms with Crippen LogP contribution in [0.3, 0.4) is 0 Å². The summed E-state index contributed by atoms with van der Waals surface area (Å²) >= 11 is 0. The molecule has 0 radical (unpaired) electrons. The van der Waals surface area contributed by atoms with Crippen LogP contribution in [0.25, 0.3) is 11.1 Å². The molecule has 2 aromatic carbocycles. The number of pyridine rings is 1. The van der Waals surface area contributed by atoms with E-state index in [2.05, 4.69) is 34.4 Å². The summed E-state index contributed by atoms with van der Waals surface area (Å²) in [5.74, 6) is -0.125. The second kappa shape index (κ2) is 8.52. The van der Waals surface area contributed by atoms with Crippen molar-refractivity contribution in [3.8, 4) is 11.1 Å². The molecule has 0 N–H and O–H groups in total. The molecular formula is C24H21N3O2. The molecule has 0 saturated heterocycles. The molecule has 0 aliphatic heterocycles. The number of hydrogen-bond acceptors (Lipinski definition) is 4. The summed E-state index contributed by atoms with van der Waals surface area (Å²) < 4.78 is 4.98. The highest BCUT2D eigenvalue weighted by Gasteiger charge is 2.21. The zero-order chi connectivity index (χ0) is 20.1. The van der Waals surface area contributed by atoms with Crippen molar-refractivity contribution >= 4 is 5.91 Å². The van der Waals surface area contributed by atoms with Crippen LogP contribution in [0.5, 0.6) is 0 Å². The lowest BCUT2D eigenvalue weighted by Gasteiger charge is -2.22. The summed E-state index contributed by atoms with van der Waals surface area (Å²) in [7, 11) is 0. The van der Waals surface area contributed by atoms with Crippen molar-refractivity contribution in [3.05, 3.63) is 108 Å². The molecule has 2 heterocycles. The Morgan fingerprint density at radius 1 is 0.931 bits per heavy atom. The van der Waals surface area contributed by atoms with E-state index in [-0.39, 0.29) is 5.91 Å². The molecule has 144 valence electrons. The van der Waals surface area contributed by atoms with Gasteiger partial charge in [-0.25, -0.2) is 0 Å². The van der Waals surface area contributed by atoms with E-state index in [4.69, 9.17) is 4.52 Å². The van der Waals surface area contributed by atoms with Gasteiger partial charge in [-0.2, -0.15) is 0 Å². The first kappa shape index (κ1) is 18.6. The minimum Gasteiger partial charge on any atom is -0.364 e. The van der Waals surface area contributed by atoms with Crippen LogP contribution in [-0.2, 0) is 13.1 Å². The monoisotopic (exact) mass is 383 g/mol. The Hall–Kier alpha value is -3.73. The molecule has 2 aromatic heterocycles. The van der Waals surface area contributed by atoms with Gasteiger partial charge in [-0.3, -0.25) is 9.78 Å². The van der Waals surface area contributed by atoms with E-state index < -0.39 is 0 Å². The fourth-order valence-corrected chi connectivity index (χ4v) is 3.26. The van der Waals surface area contributed by atoms with Crippen molar-refractivity contribution in [1.82, 2.24) is 15.0 Å². The van der Waals surface area contributed by atoms with Crippen LogP contribution in [0.4, 0.5) is 0 Å². The minimum absolute atomic E-state index is 0.125. The van der Waals surface area contributed by atoms with Crippen LogP contribution < -0.4 is 0 Å². The zero-order valence-electron chi connectivity index (χ0n) is 16.2. The van der Waals surface area contributed by atoms with Crippen molar-refractivity contribution in [2.24, 2.45) is 0 Å². The normalized spacial score (nSPS) is 10.7. The second-order valence-electron chi connectivity index (χ2n) is 6.86. The molecule has 5 heteroatoms. The van der Waals surface area contributed by atoms with Crippen LogP contribution in [0.1, 0.15) is 27.3 Å². The number of carbonyl (C=O) groups excluding carboxylic acids is 1. The average molecular weight is 383 g/mol. The molecule has 4 rings (SSSR count). The van der Waals surface area contributed by atoms with Crippen LogP contribution in [0, 0.1) is 6.92 Å². The standard InChI is InChI=1S/C24H21N3O2/c1-18-23(17-29-26-18)24(28)27(16-22-12-5-6-13-25-22)15-19-8-7-11-21(14-19)20-9-3-2-4-10-20/h2-14,17H,15-16H2,1H3. The summed E-state index contributed by atoms with van der Waals surface area (Å²) in [6.07, 6.45) is 3.14. The van der Waals surface area contributed by atoms with Crippen molar-refractivity contribution in [3.63, 3.8) is 0 Å². The Labute approximate surface area is 169 Å². The van der Waals surface area contributed by atoms with Crippen LogP contribution >= 0.6 is 0 Å². The van der Waals surface area contributed by atoms with E-state index in [0.29, 0.717) is 24.3 Å². The quantitative estimate of drug-likeness (QED) is 0.476. The van der Waals surface area contributed by atoms with Crippen LogP contribution in [0.2, 0.25) is 0 Å². The summed E-state index contributed by atoms with van der Waals surface area (Å²) in [6.45, 7) is 2.63. The third-order valence-corrected chi connectivity index (χ3v) is 4.75. The Balaban J connectivity index is 1.63. The molecule has 4 aromatic rings. The summed E-state index contributed by atoms with van der Waals surface area (Å²) in [4.78, 5) is 19.3. The van der Waals surface area contributed by atoms with Gasteiger partial charge < -0.3 is 9.42 Å². The number of carbonyl (C=O) groups is 1. The maximum atomic E-state index is 13.2. The maximum Gasteiger partial charge on any atom is 0.259 e. The van der Waals surface area contributed by atoms with Crippen LogP contribution in [0.15, 0.2) is 89.8 Å². The molecular weight excluding hydrogens is 362 g/mol. The first-order chi connectivity index (χ1) is 14.2. The first-order valence-corrected chi connectivity index (χ1v) is 9.45. The lowest BCUT2D eigenvalue weighted by Crippen LogP contribution is -2.30. The van der Waals surface area contributed by atoms with E-state index in [0.717, 1.165) is 22.4 Å². The third-order valence-electron chi connectivity index (χ3n) is 4.75. The number of rotatable bonds is 6. The summed E-state index contributed by atoms with van der Waals surface area (Å²) in [5, 5.41) is 3.85. The molecule has 0 spiro atoms. The fourth-order valence-electron chi connectivity index (χ4n) is 3.26. The maximum absolute atomic E-state index is 13.2. The molecule has 0 saturated carbocycles. The Morgan fingerprint density at radius 2 is 1.72 bits per heavy atom. The van der Waals surface area contributed by atoms with Crippen molar-refractivity contribution in [2.45, 2.75) is 20.0 Å². The van der Waals surface area contributed by atoms with Gasteiger partial charge in [0.15, 0.2) is 0 Å². The fraction of sp³-hybridized carbons (Fsp3) is 0.125. The van der Waals surface area contributed by atoms with Gasteiger partial charge >= 0.3 is 0 Å². The molecule has 29 heavy (non-hydrogen) atoms. The number of amides is 1. The third kappa shape index (κ3) is 4.41. The molecule has 0 aliphatic rings. The molecule has 0 atom stereocenters. The molecule has 5 nitrogen and oxygen atoms in total. The van der Waals surface area contributed by atoms with E-state index in [1.807, 2.05) is 48.5 Å². The smallest absolute Gasteiger partial charge is 0.259 e. The van der Waals surface area contributed by atoms with Gasteiger partial charge in [-0.15, -0.1) is 0 Å². The predicted octanol–water partition coefficient (Wildman–Crippen LogP) is 4.89. The Kier molecular flexibility index (Phi) is 5.47. The Bertz CT molecular complexity index is 1090.